The summed E-state index contributed by atoms with van der Waals surface area (Å²) in [4.78, 5) is 0. The van der Waals surface area contributed by atoms with Gasteiger partial charge in [0.2, 0.25) is 0 Å². The van der Waals surface area contributed by atoms with Crippen molar-refractivity contribution < 1.29 is 0 Å². The van der Waals surface area contributed by atoms with Gasteiger partial charge in [0.15, 0.2) is 0 Å². The quantitative estimate of drug-likeness (QED) is 0.504. The molecule has 0 saturated heterocycles. The molecule has 0 aromatic carbocycles. The Morgan fingerprint density at radius 2 is 2.00 bits per heavy atom. The highest BCUT2D eigenvalue weighted by atomic mass is 31.1. The van der Waals surface area contributed by atoms with Gasteiger partial charge < -0.3 is 0 Å². The molecule has 1 aliphatic rings. The van der Waals surface area contributed by atoms with E-state index in [0.717, 1.165) is 17.2 Å². The fourth-order valence-electron chi connectivity index (χ4n) is 0.982. The predicted octanol–water partition coefficient (Wildman–Crippen LogP) is 2.48. The van der Waals surface area contributed by atoms with Gasteiger partial charge in [-0.3, -0.25) is 0 Å². The first kappa shape index (κ1) is 6.55. The van der Waals surface area contributed by atoms with Crippen molar-refractivity contribution in [3.05, 3.63) is 0 Å². The van der Waals surface area contributed by atoms with Crippen molar-refractivity contribution >= 4 is 8.58 Å². The Bertz CT molecular complexity index is 78.5. The van der Waals surface area contributed by atoms with Crippen LogP contribution in [0.2, 0.25) is 0 Å². The monoisotopic (exact) mass is 130 g/mol. The zero-order valence-electron chi connectivity index (χ0n) is 5.94. The van der Waals surface area contributed by atoms with Crippen molar-refractivity contribution in [2.45, 2.75) is 38.5 Å². The lowest BCUT2D eigenvalue weighted by atomic mass is 10.5. The van der Waals surface area contributed by atoms with Gasteiger partial charge in [-0.2, -0.15) is 0 Å². The van der Waals surface area contributed by atoms with Crippen LogP contribution in [0.3, 0.4) is 0 Å². The lowest BCUT2D eigenvalue weighted by Gasteiger charge is -2.00. The van der Waals surface area contributed by atoms with E-state index in [1.807, 2.05) is 0 Å². The average Bonchev–Trinajstić information content (AvgIpc) is 2.17. The van der Waals surface area contributed by atoms with Gasteiger partial charge >= 0.3 is 0 Å². The second kappa shape index (κ2) is 2.35. The van der Waals surface area contributed by atoms with Crippen LogP contribution in [0.5, 0.6) is 0 Å². The molecule has 0 radical (unpaired) electrons. The first-order valence-corrected chi connectivity index (χ1v) is 4.61. The van der Waals surface area contributed by atoms with E-state index in [0.29, 0.717) is 0 Å². The summed E-state index contributed by atoms with van der Waals surface area (Å²) in [7, 11) is 1.24. The maximum Gasteiger partial charge on any atom is -0.0206 e. The summed E-state index contributed by atoms with van der Waals surface area (Å²) < 4.78 is 0. The lowest BCUT2D eigenvalue weighted by Crippen LogP contribution is -1.85. The Labute approximate surface area is 53.8 Å². The molecule has 0 nitrogen and oxygen atoms in total. The molecule has 0 amide bonds. The number of hydrogen-bond donors (Lipinski definition) is 0. The molecule has 3 atom stereocenters. The first-order chi connectivity index (χ1) is 3.70. The van der Waals surface area contributed by atoms with Gasteiger partial charge in [-0.15, -0.1) is 8.58 Å². The van der Waals surface area contributed by atoms with Gasteiger partial charge in [-0.1, -0.05) is 20.8 Å². The summed E-state index contributed by atoms with van der Waals surface area (Å²) in [5.41, 5.74) is 2.07. The third kappa shape index (κ3) is 1.74. The molecule has 48 valence electrons. The van der Waals surface area contributed by atoms with E-state index in [1.54, 1.807) is 0 Å². The van der Waals surface area contributed by atoms with Crippen molar-refractivity contribution in [2.24, 2.45) is 5.92 Å². The Kier molecular flexibility index (Phi) is 1.92. The second-order valence-electron chi connectivity index (χ2n) is 3.14. The van der Waals surface area contributed by atoms with Crippen LogP contribution in [0, 0.1) is 5.92 Å². The van der Waals surface area contributed by atoms with Crippen LogP contribution in [0.15, 0.2) is 0 Å². The molecule has 0 N–H and O–H groups in total. The molecular formula is C7H15P. The Morgan fingerprint density at radius 1 is 1.50 bits per heavy atom. The summed E-state index contributed by atoms with van der Waals surface area (Å²) in [5.74, 6) is 1.07. The standard InChI is InChI=1S/C7H15P/c1-5(2)8-7-4-6(7)3/h5-8H,4H2,1-3H3/t6?,7-/m1/s1. The van der Waals surface area contributed by atoms with E-state index in [4.69, 9.17) is 0 Å². The lowest BCUT2D eigenvalue weighted by molar-refractivity contribution is 0.979. The molecule has 8 heavy (non-hydrogen) atoms. The zero-order chi connectivity index (χ0) is 6.15. The summed E-state index contributed by atoms with van der Waals surface area (Å²) >= 11 is 0. The van der Waals surface area contributed by atoms with E-state index in [2.05, 4.69) is 20.8 Å². The minimum Gasteiger partial charge on any atom is -0.116 e. The van der Waals surface area contributed by atoms with E-state index in [9.17, 15) is 0 Å². The number of rotatable bonds is 2. The highest BCUT2D eigenvalue weighted by Crippen LogP contribution is 2.47. The van der Waals surface area contributed by atoms with Crippen molar-refractivity contribution in [2.75, 3.05) is 0 Å². The maximum atomic E-state index is 2.36. The van der Waals surface area contributed by atoms with E-state index in [1.165, 1.54) is 15.0 Å². The molecule has 0 aromatic heterocycles. The van der Waals surface area contributed by atoms with Crippen LogP contribution in [0.25, 0.3) is 0 Å². The molecule has 0 heterocycles. The molecular weight excluding hydrogens is 115 g/mol. The molecule has 1 heteroatoms. The van der Waals surface area contributed by atoms with E-state index >= 15 is 0 Å². The van der Waals surface area contributed by atoms with Gasteiger partial charge in [0.05, 0.1) is 0 Å². The molecule has 2 unspecified atom stereocenters. The number of hydrogen-bond acceptors (Lipinski definition) is 0. The normalized spacial score (nSPS) is 37.5. The third-order valence-electron chi connectivity index (χ3n) is 1.66. The topological polar surface area (TPSA) is 0 Å². The first-order valence-electron chi connectivity index (χ1n) is 3.46. The van der Waals surface area contributed by atoms with Crippen molar-refractivity contribution in [3.63, 3.8) is 0 Å². The van der Waals surface area contributed by atoms with Crippen LogP contribution >= 0.6 is 8.58 Å². The van der Waals surface area contributed by atoms with Gasteiger partial charge in [-0.05, 0) is 23.7 Å². The van der Waals surface area contributed by atoms with Crippen molar-refractivity contribution in [1.29, 1.82) is 0 Å². The Hall–Kier alpha value is 0.430. The average molecular weight is 130 g/mol. The van der Waals surface area contributed by atoms with Gasteiger partial charge in [0, 0.05) is 0 Å². The van der Waals surface area contributed by atoms with E-state index in [-0.39, 0.29) is 0 Å². The van der Waals surface area contributed by atoms with Crippen LogP contribution in [-0.2, 0) is 0 Å². The molecule has 0 aliphatic heterocycles. The molecule has 0 bridgehead atoms. The van der Waals surface area contributed by atoms with Crippen LogP contribution in [0.4, 0.5) is 0 Å². The molecule has 0 aromatic rings. The SMILES string of the molecule is CC(C)P[C@@H]1CC1C. The largest absolute Gasteiger partial charge is 0.116 e. The Morgan fingerprint density at radius 3 is 2.12 bits per heavy atom. The summed E-state index contributed by atoms with van der Waals surface area (Å²) in [5, 5.41) is 0. The molecule has 1 saturated carbocycles. The van der Waals surface area contributed by atoms with Crippen LogP contribution < -0.4 is 0 Å². The Balaban J connectivity index is 2.05. The van der Waals surface area contributed by atoms with Crippen LogP contribution in [0.1, 0.15) is 27.2 Å². The fraction of sp³-hybridized carbons (Fsp3) is 1.00. The van der Waals surface area contributed by atoms with Gasteiger partial charge in [0.1, 0.15) is 0 Å². The summed E-state index contributed by atoms with van der Waals surface area (Å²) in [6, 6.07) is 0. The summed E-state index contributed by atoms with van der Waals surface area (Å²) in [6.45, 7) is 7.01. The third-order valence-corrected chi connectivity index (χ3v) is 3.56. The van der Waals surface area contributed by atoms with Crippen molar-refractivity contribution in [1.82, 2.24) is 0 Å². The highest BCUT2D eigenvalue weighted by Gasteiger charge is 2.32. The van der Waals surface area contributed by atoms with Gasteiger partial charge in [-0.25, -0.2) is 0 Å². The summed E-state index contributed by atoms with van der Waals surface area (Å²) in [6.07, 6.45) is 1.51. The van der Waals surface area contributed by atoms with Crippen LogP contribution in [-0.4, -0.2) is 11.3 Å². The van der Waals surface area contributed by atoms with E-state index < -0.39 is 0 Å². The molecule has 0 spiro atoms. The predicted molar refractivity (Wildman–Crippen MR) is 41.0 cm³/mol. The molecule has 1 rings (SSSR count). The van der Waals surface area contributed by atoms with Gasteiger partial charge in [0.25, 0.3) is 0 Å². The highest BCUT2D eigenvalue weighted by molar-refractivity contribution is 7.40. The second-order valence-corrected chi connectivity index (χ2v) is 5.37. The maximum absolute atomic E-state index is 2.36. The molecule has 1 fully saturated rings. The minimum atomic E-state index is 0.949. The molecule has 1 aliphatic carbocycles. The zero-order valence-corrected chi connectivity index (χ0v) is 6.94. The van der Waals surface area contributed by atoms with Crippen molar-refractivity contribution in [3.8, 4) is 0 Å². The smallest absolute Gasteiger partial charge is 0.0206 e. The fourth-order valence-corrected chi connectivity index (χ4v) is 2.68. The minimum absolute atomic E-state index is 0.949.